The highest BCUT2D eigenvalue weighted by atomic mass is 32.1. The van der Waals surface area contributed by atoms with E-state index in [9.17, 15) is 14.7 Å². The first kappa shape index (κ1) is 25.7. The van der Waals surface area contributed by atoms with Gasteiger partial charge in [-0.2, -0.15) is 0 Å². The Balaban J connectivity index is 1.96. The van der Waals surface area contributed by atoms with E-state index in [-0.39, 0.29) is 22.1 Å². The Hall–Kier alpha value is -1.88. The minimum Gasteiger partial charge on any atom is -0.477 e. The molecule has 0 aromatic carbocycles. The zero-order valence-electron chi connectivity index (χ0n) is 20.6. The minimum atomic E-state index is -1.02. The van der Waals surface area contributed by atoms with Crippen molar-refractivity contribution in [1.29, 1.82) is 0 Å². The Morgan fingerprint density at radius 1 is 1.15 bits per heavy atom. The highest BCUT2D eigenvalue weighted by Crippen LogP contribution is 2.36. The van der Waals surface area contributed by atoms with E-state index in [0.717, 1.165) is 63.1 Å². The molecule has 182 valence electrons. The van der Waals surface area contributed by atoms with Gasteiger partial charge in [0.1, 0.15) is 4.88 Å². The summed E-state index contributed by atoms with van der Waals surface area (Å²) in [5.74, 6) is 6.28. The van der Waals surface area contributed by atoms with Crippen LogP contribution in [-0.2, 0) is 9.53 Å². The summed E-state index contributed by atoms with van der Waals surface area (Å²) >= 11 is 1.15. The predicted molar refractivity (Wildman–Crippen MR) is 132 cm³/mol. The van der Waals surface area contributed by atoms with Gasteiger partial charge in [-0.1, -0.05) is 18.8 Å². The van der Waals surface area contributed by atoms with E-state index in [4.69, 9.17) is 4.74 Å². The molecule has 0 bridgehead atoms. The number of amides is 1. The number of ether oxygens (including phenoxy) is 1. The van der Waals surface area contributed by atoms with Gasteiger partial charge in [-0.25, -0.2) is 14.8 Å². The summed E-state index contributed by atoms with van der Waals surface area (Å²) < 4.78 is 5.50. The Morgan fingerprint density at radius 2 is 1.79 bits per heavy atom. The molecule has 1 N–H and O–H groups in total. The molecule has 1 aliphatic carbocycles. The van der Waals surface area contributed by atoms with Gasteiger partial charge in [-0.05, 0) is 77.2 Å². The van der Waals surface area contributed by atoms with E-state index in [1.54, 1.807) is 11.1 Å². The number of carbonyl (C=O) groups is 2. The summed E-state index contributed by atoms with van der Waals surface area (Å²) in [5.41, 5.74) is 0.255. The van der Waals surface area contributed by atoms with Crippen LogP contribution in [0.15, 0.2) is 6.07 Å². The summed E-state index contributed by atoms with van der Waals surface area (Å²) in [5, 5.41) is 13.6. The molecule has 2 aliphatic rings. The van der Waals surface area contributed by atoms with E-state index in [1.807, 2.05) is 32.8 Å². The first-order chi connectivity index (χ1) is 15.5. The molecule has 2 fully saturated rings. The molecule has 1 aromatic rings. The zero-order valence-corrected chi connectivity index (χ0v) is 21.5. The molecule has 1 aliphatic heterocycles. The average Bonchev–Trinajstić information content (AvgIpc) is 3.17. The molecular formula is C26H38N2O4S. The molecule has 1 aromatic heterocycles. The summed E-state index contributed by atoms with van der Waals surface area (Å²) in [6.45, 7) is 10.5. The van der Waals surface area contributed by atoms with Crippen molar-refractivity contribution in [3.8, 4) is 11.8 Å². The lowest BCUT2D eigenvalue weighted by Crippen LogP contribution is -2.50. The maximum absolute atomic E-state index is 13.8. The molecule has 33 heavy (non-hydrogen) atoms. The van der Waals surface area contributed by atoms with Crippen LogP contribution in [-0.4, -0.2) is 48.8 Å². The van der Waals surface area contributed by atoms with E-state index >= 15 is 0 Å². The van der Waals surface area contributed by atoms with Crippen molar-refractivity contribution in [1.82, 2.24) is 5.01 Å². The van der Waals surface area contributed by atoms with Gasteiger partial charge in [-0.15, -0.1) is 11.3 Å². The Morgan fingerprint density at radius 3 is 2.36 bits per heavy atom. The largest absolute Gasteiger partial charge is 0.477 e. The maximum Gasteiger partial charge on any atom is 0.348 e. The lowest BCUT2D eigenvalue weighted by atomic mass is 9.82. The van der Waals surface area contributed by atoms with Gasteiger partial charge >= 0.3 is 5.97 Å². The van der Waals surface area contributed by atoms with Gasteiger partial charge in [0.25, 0.3) is 0 Å². The van der Waals surface area contributed by atoms with Gasteiger partial charge < -0.3 is 9.84 Å². The second kappa shape index (κ2) is 11.0. The van der Waals surface area contributed by atoms with Crippen molar-refractivity contribution in [2.75, 3.05) is 31.8 Å². The van der Waals surface area contributed by atoms with E-state index in [1.165, 1.54) is 0 Å². The Labute approximate surface area is 202 Å². The molecule has 0 radical (unpaired) electrons. The van der Waals surface area contributed by atoms with Crippen LogP contribution in [0.5, 0.6) is 0 Å². The number of thiophene rings is 1. The summed E-state index contributed by atoms with van der Waals surface area (Å²) in [6.07, 6.45) is 5.67. The number of nitrogens with zero attached hydrogens (tertiary/aromatic N) is 2. The van der Waals surface area contributed by atoms with Crippen LogP contribution in [0.1, 0.15) is 80.8 Å². The monoisotopic (exact) mass is 474 g/mol. The number of hydrogen-bond donors (Lipinski definition) is 1. The predicted octanol–water partition coefficient (Wildman–Crippen LogP) is 5.28. The van der Waals surface area contributed by atoms with Crippen molar-refractivity contribution in [2.24, 2.45) is 23.2 Å². The molecule has 2 heterocycles. The van der Waals surface area contributed by atoms with Crippen molar-refractivity contribution in [2.45, 2.75) is 66.2 Å². The lowest BCUT2D eigenvalue weighted by Gasteiger charge is -2.38. The van der Waals surface area contributed by atoms with Gasteiger partial charge in [0, 0.05) is 38.1 Å². The SMILES string of the molecule is CC1CCC(C(=O)N(c2cc(C#CC(C)(C)C)sc2C(=O)O)N(C)CC2CCOCC2)CC1. The third-order valence-electron chi connectivity index (χ3n) is 6.47. The van der Waals surface area contributed by atoms with Gasteiger partial charge in [0.2, 0.25) is 5.91 Å². The van der Waals surface area contributed by atoms with E-state index in [0.29, 0.717) is 28.9 Å². The maximum atomic E-state index is 13.8. The van der Waals surface area contributed by atoms with Crippen LogP contribution >= 0.6 is 11.3 Å². The highest BCUT2D eigenvalue weighted by molar-refractivity contribution is 7.15. The minimum absolute atomic E-state index is 0.00656. The molecule has 0 atom stereocenters. The van der Waals surface area contributed by atoms with Gasteiger partial charge in [0.05, 0.1) is 10.6 Å². The Bertz CT molecular complexity index is 894. The first-order valence-corrected chi connectivity index (χ1v) is 12.9. The lowest BCUT2D eigenvalue weighted by molar-refractivity contribution is -0.126. The fourth-order valence-corrected chi connectivity index (χ4v) is 5.37. The molecule has 3 rings (SSSR count). The van der Waals surface area contributed by atoms with Crippen molar-refractivity contribution >= 4 is 28.9 Å². The van der Waals surface area contributed by atoms with Gasteiger partial charge in [-0.3, -0.25) is 4.79 Å². The molecular weight excluding hydrogens is 436 g/mol. The van der Waals surface area contributed by atoms with Crippen molar-refractivity contribution in [3.05, 3.63) is 15.8 Å². The highest BCUT2D eigenvalue weighted by Gasteiger charge is 2.35. The average molecular weight is 475 g/mol. The third-order valence-corrected chi connectivity index (χ3v) is 7.50. The van der Waals surface area contributed by atoms with E-state index in [2.05, 4.69) is 18.8 Å². The summed E-state index contributed by atoms with van der Waals surface area (Å²) in [7, 11) is 1.91. The number of carboxylic acids is 1. The second-order valence-corrected chi connectivity index (χ2v) is 11.7. The summed E-state index contributed by atoms with van der Waals surface area (Å²) in [6, 6.07) is 1.79. The first-order valence-electron chi connectivity index (χ1n) is 12.1. The van der Waals surface area contributed by atoms with Gasteiger partial charge in [0.15, 0.2) is 0 Å². The number of rotatable bonds is 6. The molecule has 6 nitrogen and oxygen atoms in total. The fourth-order valence-electron chi connectivity index (χ4n) is 4.54. The van der Waals surface area contributed by atoms with Crippen LogP contribution in [0, 0.1) is 35.0 Å². The van der Waals surface area contributed by atoms with Crippen LogP contribution in [0.2, 0.25) is 0 Å². The topological polar surface area (TPSA) is 70.1 Å². The molecule has 1 amide bonds. The van der Waals surface area contributed by atoms with E-state index < -0.39 is 5.97 Å². The fraction of sp³-hybridized carbons (Fsp3) is 0.692. The number of carbonyl (C=O) groups excluding carboxylic acids is 1. The molecule has 1 saturated heterocycles. The molecule has 0 spiro atoms. The number of hydrogen-bond acceptors (Lipinski definition) is 5. The quantitative estimate of drug-likeness (QED) is 0.449. The molecule has 0 unspecified atom stereocenters. The number of carboxylic acid groups (broad SMARTS) is 1. The second-order valence-electron chi connectivity index (χ2n) is 10.6. The molecule has 1 saturated carbocycles. The standard InChI is InChI=1S/C26H38N2O4S/c1-18-6-8-20(9-7-18)24(29)28(27(5)17-19-11-14-32-15-12-19)22-16-21(10-13-26(2,3)4)33-23(22)25(30)31/h16,18-20H,6-9,11-12,14-15,17H2,1-5H3,(H,30,31). The number of hydrazine groups is 1. The Kier molecular flexibility index (Phi) is 8.60. The van der Waals surface area contributed by atoms with Crippen LogP contribution in [0.3, 0.4) is 0 Å². The number of anilines is 1. The smallest absolute Gasteiger partial charge is 0.348 e. The summed E-state index contributed by atoms with van der Waals surface area (Å²) in [4.78, 5) is 26.9. The normalized spacial score (nSPS) is 22.0. The van der Waals surface area contributed by atoms with Crippen LogP contribution in [0.4, 0.5) is 5.69 Å². The van der Waals surface area contributed by atoms with Crippen molar-refractivity contribution in [3.63, 3.8) is 0 Å². The molecule has 7 heteroatoms. The van der Waals surface area contributed by atoms with Crippen molar-refractivity contribution < 1.29 is 19.4 Å². The third kappa shape index (κ3) is 7.05. The van der Waals surface area contributed by atoms with Crippen LogP contribution in [0.25, 0.3) is 0 Å². The zero-order chi connectivity index (χ0) is 24.2. The van der Waals surface area contributed by atoms with Crippen LogP contribution < -0.4 is 5.01 Å². The number of aromatic carboxylic acids is 1.